The Morgan fingerprint density at radius 1 is 1.38 bits per heavy atom. The number of ether oxygens (including phenoxy) is 1. The molecule has 16 heavy (non-hydrogen) atoms. The molecule has 1 atom stereocenters. The van der Waals surface area contributed by atoms with Gasteiger partial charge >= 0.3 is 0 Å². The van der Waals surface area contributed by atoms with Crippen LogP contribution in [0.25, 0.3) is 0 Å². The average molecular weight is 273 g/mol. The monoisotopic (exact) mass is 272 g/mol. The van der Waals surface area contributed by atoms with E-state index in [0.717, 1.165) is 10.6 Å². The van der Waals surface area contributed by atoms with E-state index < -0.39 is 0 Å². The van der Waals surface area contributed by atoms with Gasteiger partial charge in [-0.15, -0.1) is 34.3 Å². The maximum Gasteiger partial charge on any atom is 0.134 e. The third-order valence-electron chi connectivity index (χ3n) is 2.46. The lowest BCUT2D eigenvalue weighted by Crippen LogP contribution is -1.93. The fourth-order valence-corrected chi connectivity index (χ4v) is 4.07. The van der Waals surface area contributed by atoms with E-state index in [1.807, 2.05) is 11.4 Å². The van der Waals surface area contributed by atoms with Crippen LogP contribution in [0.1, 0.15) is 25.6 Å². The zero-order chi connectivity index (χ0) is 11.7. The fourth-order valence-electron chi connectivity index (χ4n) is 1.71. The van der Waals surface area contributed by atoms with Gasteiger partial charge in [-0.05, 0) is 36.9 Å². The van der Waals surface area contributed by atoms with Crippen LogP contribution in [-0.4, -0.2) is 7.11 Å². The van der Waals surface area contributed by atoms with Crippen molar-refractivity contribution in [1.29, 1.82) is 0 Å². The van der Waals surface area contributed by atoms with E-state index >= 15 is 0 Å². The van der Waals surface area contributed by atoms with Crippen LogP contribution in [-0.2, 0) is 0 Å². The molecule has 0 aliphatic rings. The quantitative estimate of drug-likeness (QED) is 0.732. The molecule has 0 amide bonds. The van der Waals surface area contributed by atoms with E-state index in [-0.39, 0.29) is 5.38 Å². The second kappa shape index (κ2) is 4.78. The lowest BCUT2D eigenvalue weighted by atomic mass is 10.1. The minimum atomic E-state index is -0.0973. The molecule has 2 aromatic heterocycles. The highest BCUT2D eigenvalue weighted by Gasteiger charge is 2.20. The molecule has 0 aliphatic heterocycles. The summed E-state index contributed by atoms with van der Waals surface area (Å²) in [7, 11) is 1.68. The zero-order valence-electron chi connectivity index (χ0n) is 9.41. The maximum absolute atomic E-state index is 6.51. The second-order valence-corrected chi connectivity index (χ2v) is 6.43. The van der Waals surface area contributed by atoms with Crippen LogP contribution in [0.5, 0.6) is 5.75 Å². The number of hydrogen-bond acceptors (Lipinski definition) is 3. The Kier molecular flexibility index (Phi) is 3.57. The minimum absolute atomic E-state index is 0.0973. The molecule has 2 aromatic rings. The summed E-state index contributed by atoms with van der Waals surface area (Å²) in [6.45, 7) is 4.22. The van der Waals surface area contributed by atoms with Gasteiger partial charge in [-0.2, -0.15) is 0 Å². The predicted octanol–water partition coefficient (Wildman–Crippen LogP) is 4.76. The van der Waals surface area contributed by atoms with E-state index in [2.05, 4.69) is 19.9 Å². The lowest BCUT2D eigenvalue weighted by molar-refractivity contribution is 0.413. The summed E-state index contributed by atoms with van der Waals surface area (Å²) in [6, 6.07) is 4.13. The van der Waals surface area contributed by atoms with Gasteiger partial charge in [0.25, 0.3) is 0 Å². The van der Waals surface area contributed by atoms with Crippen molar-refractivity contribution < 1.29 is 4.74 Å². The van der Waals surface area contributed by atoms with Crippen molar-refractivity contribution in [2.45, 2.75) is 19.2 Å². The van der Waals surface area contributed by atoms with E-state index in [9.17, 15) is 0 Å². The third kappa shape index (κ3) is 2.12. The predicted molar refractivity (Wildman–Crippen MR) is 72.4 cm³/mol. The Balaban J connectivity index is 2.38. The number of thiophene rings is 2. The summed E-state index contributed by atoms with van der Waals surface area (Å²) in [5, 5.41) is 1.91. The molecule has 0 aromatic carbocycles. The molecule has 1 nitrogen and oxygen atoms in total. The van der Waals surface area contributed by atoms with Crippen molar-refractivity contribution in [3.8, 4) is 5.75 Å². The van der Waals surface area contributed by atoms with Crippen molar-refractivity contribution in [1.82, 2.24) is 0 Å². The molecule has 0 bridgehead atoms. The standard InChI is InChI=1S/C12H13ClOS2/c1-7-6-9(8(2)16-7)11(13)12-10(14-3)4-5-15-12/h4-6,11H,1-3H3. The number of aryl methyl sites for hydroxylation is 2. The van der Waals surface area contributed by atoms with Crippen molar-refractivity contribution in [2.24, 2.45) is 0 Å². The molecule has 0 N–H and O–H groups in total. The average Bonchev–Trinajstić information content (AvgIpc) is 2.83. The summed E-state index contributed by atoms with van der Waals surface area (Å²) in [4.78, 5) is 3.67. The summed E-state index contributed by atoms with van der Waals surface area (Å²) in [5.74, 6) is 0.883. The van der Waals surface area contributed by atoms with E-state index in [4.69, 9.17) is 16.3 Å². The lowest BCUT2D eigenvalue weighted by Gasteiger charge is -2.09. The van der Waals surface area contributed by atoms with Crippen molar-refractivity contribution in [3.05, 3.63) is 37.7 Å². The molecule has 2 rings (SSSR count). The molecular weight excluding hydrogens is 260 g/mol. The van der Waals surface area contributed by atoms with Crippen LogP contribution in [0.3, 0.4) is 0 Å². The third-order valence-corrected chi connectivity index (χ3v) is 4.99. The molecule has 4 heteroatoms. The Morgan fingerprint density at radius 2 is 2.12 bits per heavy atom. The molecule has 0 saturated carbocycles. The van der Waals surface area contributed by atoms with Gasteiger partial charge in [0, 0.05) is 9.75 Å². The van der Waals surface area contributed by atoms with Gasteiger partial charge in [-0.25, -0.2) is 0 Å². The molecule has 86 valence electrons. The highest BCUT2D eigenvalue weighted by atomic mass is 35.5. The first-order valence-electron chi connectivity index (χ1n) is 4.96. The Bertz CT molecular complexity index is 487. The number of alkyl halides is 1. The van der Waals surface area contributed by atoms with Gasteiger partial charge in [-0.3, -0.25) is 0 Å². The normalized spacial score (nSPS) is 12.8. The van der Waals surface area contributed by atoms with E-state index in [0.29, 0.717) is 0 Å². The van der Waals surface area contributed by atoms with Crippen LogP contribution in [0.15, 0.2) is 17.5 Å². The molecule has 0 saturated heterocycles. The maximum atomic E-state index is 6.51. The molecular formula is C12H13ClOS2. The van der Waals surface area contributed by atoms with Crippen LogP contribution < -0.4 is 4.74 Å². The molecule has 1 unspecified atom stereocenters. The molecule has 2 heterocycles. The summed E-state index contributed by atoms with van der Waals surface area (Å²) in [6.07, 6.45) is 0. The van der Waals surface area contributed by atoms with Crippen LogP contribution in [0.2, 0.25) is 0 Å². The largest absolute Gasteiger partial charge is 0.496 e. The summed E-state index contributed by atoms with van der Waals surface area (Å²) < 4.78 is 5.30. The first-order chi connectivity index (χ1) is 7.63. The SMILES string of the molecule is COc1ccsc1C(Cl)c1cc(C)sc1C. The summed E-state index contributed by atoms with van der Waals surface area (Å²) in [5.41, 5.74) is 1.20. The Labute approximate surface area is 109 Å². The zero-order valence-corrected chi connectivity index (χ0v) is 11.8. The van der Waals surface area contributed by atoms with Gasteiger partial charge in [0.1, 0.15) is 5.75 Å². The highest BCUT2D eigenvalue weighted by Crippen LogP contribution is 2.41. The Morgan fingerprint density at radius 3 is 2.69 bits per heavy atom. The van der Waals surface area contributed by atoms with E-state index in [1.165, 1.54) is 15.3 Å². The minimum Gasteiger partial charge on any atom is -0.496 e. The molecule has 0 spiro atoms. The van der Waals surface area contributed by atoms with Crippen molar-refractivity contribution in [3.63, 3.8) is 0 Å². The van der Waals surface area contributed by atoms with Crippen LogP contribution in [0, 0.1) is 13.8 Å². The molecule has 0 radical (unpaired) electrons. The number of halogens is 1. The smallest absolute Gasteiger partial charge is 0.134 e. The molecule has 0 fully saturated rings. The number of methoxy groups -OCH3 is 1. The first kappa shape index (κ1) is 12.0. The van der Waals surface area contributed by atoms with Crippen LogP contribution >= 0.6 is 34.3 Å². The van der Waals surface area contributed by atoms with E-state index in [1.54, 1.807) is 29.8 Å². The topological polar surface area (TPSA) is 9.23 Å². The van der Waals surface area contributed by atoms with Crippen molar-refractivity contribution >= 4 is 34.3 Å². The van der Waals surface area contributed by atoms with Gasteiger partial charge in [0.2, 0.25) is 0 Å². The number of hydrogen-bond donors (Lipinski definition) is 0. The van der Waals surface area contributed by atoms with Crippen LogP contribution in [0.4, 0.5) is 0 Å². The van der Waals surface area contributed by atoms with Gasteiger partial charge in [0.05, 0.1) is 17.4 Å². The highest BCUT2D eigenvalue weighted by molar-refractivity contribution is 7.12. The number of rotatable bonds is 3. The second-order valence-electron chi connectivity index (χ2n) is 3.58. The summed E-state index contributed by atoms with van der Waals surface area (Å²) >= 11 is 9.94. The first-order valence-corrected chi connectivity index (χ1v) is 7.09. The molecule has 0 aliphatic carbocycles. The van der Waals surface area contributed by atoms with Gasteiger partial charge in [-0.1, -0.05) is 0 Å². The Hall–Kier alpha value is -0.510. The van der Waals surface area contributed by atoms with Crippen molar-refractivity contribution in [2.75, 3.05) is 7.11 Å². The fraction of sp³-hybridized carbons (Fsp3) is 0.333. The van der Waals surface area contributed by atoms with Gasteiger partial charge in [0.15, 0.2) is 0 Å². The van der Waals surface area contributed by atoms with Gasteiger partial charge < -0.3 is 4.74 Å².